The van der Waals surface area contributed by atoms with Gasteiger partial charge in [-0.2, -0.15) is 4.37 Å². The number of amides is 1. The van der Waals surface area contributed by atoms with Gasteiger partial charge >= 0.3 is 6.16 Å². The summed E-state index contributed by atoms with van der Waals surface area (Å²) in [6, 6.07) is 0. The maximum atomic E-state index is 13.9. The highest BCUT2D eigenvalue weighted by Crippen LogP contribution is 2.49. The Morgan fingerprint density at radius 2 is 1.97 bits per heavy atom. The molecule has 3 N–H and O–H groups in total. The summed E-state index contributed by atoms with van der Waals surface area (Å²) in [4.78, 5) is 26.5. The fourth-order valence-electron chi connectivity index (χ4n) is 3.77. The van der Waals surface area contributed by atoms with Crippen LogP contribution in [0.2, 0.25) is 0 Å². The highest BCUT2D eigenvalue weighted by atomic mass is 32.1. The number of thiophene rings is 1. The van der Waals surface area contributed by atoms with E-state index in [0.717, 1.165) is 59.6 Å². The number of anilines is 1. The summed E-state index contributed by atoms with van der Waals surface area (Å²) >= 11 is 2.59. The third-order valence-electron chi connectivity index (χ3n) is 5.41. The van der Waals surface area contributed by atoms with Gasteiger partial charge in [0.25, 0.3) is 11.8 Å². The lowest BCUT2D eigenvalue weighted by Crippen LogP contribution is -2.24. The normalized spacial score (nSPS) is 19.1. The Bertz CT molecular complexity index is 1040. The summed E-state index contributed by atoms with van der Waals surface area (Å²) in [6.45, 7) is 0. The fraction of sp³-hybridized carbons (Fsp3) is 0.500. The maximum absolute atomic E-state index is 13.9. The van der Waals surface area contributed by atoms with E-state index in [0.29, 0.717) is 22.2 Å². The number of allylic oxidation sites excluding steroid dienone is 1. The van der Waals surface area contributed by atoms with Gasteiger partial charge in [-0.05, 0) is 55.6 Å². The molecular formula is C20H21F2N3O4S2. The molecule has 166 valence electrons. The largest absolute Gasteiger partial charge is 0.503 e. The van der Waals surface area contributed by atoms with Crippen LogP contribution in [0.1, 0.15) is 60.7 Å². The minimum absolute atomic E-state index is 0.119. The van der Waals surface area contributed by atoms with Gasteiger partial charge in [-0.1, -0.05) is 6.08 Å². The van der Waals surface area contributed by atoms with Crippen molar-refractivity contribution in [2.24, 2.45) is 0 Å². The topological polar surface area (TPSA) is 112 Å². The van der Waals surface area contributed by atoms with E-state index >= 15 is 0 Å². The molecule has 2 aromatic rings. The quantitative estimate of drug-likeness (QED) is 0.542. The van der Waals surface area contributed by atoms with Gasteiger partial charge in [0.1, 0.15) is 15.8 Å². The Morgan fingerprint density at radius 3 is 2.61 bits per heavy atom. The van der Waals surface area contributed by atoms with E-state index < -0.39 is 12.1 Å². The van der Waals surface area contributed by atoms with Crippen molar-refractivity contribution < 1.29 is 28.6 Å². The van der Waals surface area contributed by atoms with Gasteiger partial charge < -0.3 is 15.5 Å². The number of alkyl halides is 2. The maximum Gasteiger partial charge on any atom is 0.503 e. The molecule has 1 amide bonds. The van der Waals surface area contributed by atoms with Crippen molar-refractivity contribution in [3.8, 4) is 10.6 Å². The average molecular weight is 470 g/mol. The first-order valence-electron chi connectivity index (χ1n) is 10.0. The van der Waals surface area contributed by atoms with Gasteiger partial charge in [0, 0.05) is 29.2 Å². The lowest BCUT2D eigenvalue weighted by atomic mass is 9.93. The molecule has 7 nitrogen and oxygen atoms in total. The molecule has 0 atom stereocenters. The number of nitrogens with one attached hydrogen (secondary N) is 1. The van der Waals surface area contributed by atoms with Crippen molar-refractivity contribution in [1.29, 1.82) is 0 Å². The van der Waals surface area contributed by atoms with Gasteiger partial charge in [0.15, 0.2) is 0 Å². The Hall–Kier alpha value is -2.40. The van der Waals surface area contributed by atoms with Crippen LogP contribution < -0.4 is 5.32 Å². The Morgan fingerprint density at radius 1 is 1.23 bits per heavy atom. The number of hydrogen-bond donors (Lipinski definition) is 3. The first-order chi connectivity index (χ1) is 14.7. The first-order valence-corrected chi connectivity index (χ1v) is 11.6. The molecule has 0 spiro atoms. The lowest BCUT2D eigenvalue weighted by molar-refractivity contribution is -0.112. The van der Waals surface area contributed by atoms with Gasteiger partial charge in [0.2, 0.25) is 0 Å². The van der Waals surface area contributed by atoms with Crippen LogP contribution in [-0.4, -0.2) is 37.6 Å². The number of rotatable bonds is 4. The Labute approximate surface area is 185 Å². The van der Waals surface area contributed by atoms with E-state index in [1.165, 1.54) is 22.9 Å². The number of aromatic nitrogens is 2. The molecule has 0 saturated heterocycles. The van der Waals surface area contributed by atoms with Crippen LogP contribution in [-0.2, 0) is 17.6 Å². The van der Waals surface area contributed by atoms with Crippen molar-refractivity contribution >= 4 is 39.9 Å². The summed E-state index contributed by atoms with van der Waals surface area (Å²) in [5, 5.41) is 18.3. The predicted molar refractivity (Wildman–Crippen MR) is 113 cm³/mol. The molecular weight excluding hydrogens is 448 g/mol. The zero-order valence-electron chi connectivity index (χ0n) is 16.5. The van der Waals surface area contributed by atoms with Crippen LogP contribution in [0.15, 0.2) is 11.6 Å². The average Bonchev–Trinajstić information content (AvgIpc) is 3.07. The smallest absolute Gasteiger partial charge is 0.450 e. The number of fused-ring (bicyclic) bond motifs is 1. The number of carbonyl (C=O) groups excluding carboxylic acids is 1. The summed E-state index contributed by atoms with van der Waals surface area (Å²) in [5.41, 5.74) is 2.52. The SMILES string of the molecule is O=C(Nc1sc2c(c1-c1nc(C3CC3)ns1)CCC(F)(F)C2)C1=CCCC1.O=C(O)O. The monoisotopic (exact) mass is 469 g/mol. The number of carbonyl (C=O) groups is 2. The summed E-state index contributed by atoms with van der Waals surface area (Å²) in [7, 11) is 0. The minimum Gasteiger partial charge on any atom is -0.450 e. The second-order valence-corrected chi connectivity index (χ2v) is 9.69. The zero-order valence-corrected chi connectivity index (χ0v) is 18.1. The molecule has 31 heavy (non-hydrogen) atoms. The van der Waals surface area contributed by atoms with Crippen LogP contribution in [0, 0.1) is 0 Å². The van der Waals surface area contributed by atoms with Crippen molar-refractivity contribution in [3.05, 3.63) is 27.9 Å². The van der Waals surface area contributed by atoms with Crippen molar-refractivity contribution in [3.63, 3.8) is 0 Å². The van der Waals surface area contributed by atoms with E-state index in [-0.39, 0.29) is 18.7 Å². The third kappa shape index (κ3) is 5.09. The molecule has 11 heteroatoms. The molecule has 3 aliphatic rings. The van der Waals surface area contributed by atoms with E-state index in [2.05, 4.69) is 14.7 Å². The van der Waals surface area contributed by atoms with E-state index in [1.807, 2.05) is 6.08 Å². The van der Waals surface area contributed by atoms with Crippen molar-refractivity contribution in [1.82, 2.24) is 9.36 Å². The molecule has 2 heterocycles. The van der Waals surface area contributed by atoms with Crippen molar-refractivity contribution in [2.75, 3.05) is 5.32 Å². The van der Waals surface area contributed by atoms with Crippen LogP contribution in [0.4, 0.5) is 18.6 Å². The van der Waals surface area contributed by atoms with Gasteiger partial charge in [-0.15, -0.1) is 11.3 Å². The highest BCUT2D eigenvalue weighted by molar-refractivity contribution is 7.18. The molecule has 0 radical (unpaired) electrons. The van der Waals surface area contributed by atoms with Gasteiger partial charge in [0.05, 0.1) is 5.56 Å². The third-order valence-corrected chi connectivity index (χ3v) is 7.30. The predicted octanol–water partition coefficient (Wildman–Crippen LogP) is 5.54. The van der Waals surface area contributed by atoms with E-state index in [4.69, 9.17) is 15.0 Å². The molecule has 0 aromatic carbocycles. The van der Waals surface area contributed by atoms with Crippen molar-refractivity contribution in [2.45, 2.75) is 63.2 Å². The second kappa shape index (κ2) is 8.62. The van der Waals surface area contributed by atoms with Crippen LogP contribution in [0.3, 0.4) is 0 Å². The minimum atomic E-state index is -2.68. The second-order valence-electron chi connectivity index (χ2n) is 7.83. The number of hydrogen-bond acceptors (Lipinski definition) is 6. The molecule has 5 rings (SSSR count). The lowest BCUT2D eigenvalue weighted by Gasteiger charge is -2.21. The zero-order chi connectivity index (χ0) is 22.2. The standard InChI is InChI=1S/C19H19F2N3OS2.CH2O3/c20-19(21)8-7-12-13(9-19)26-17(23-16(25)11-3-1-2-4-11)14(12)18-22-15(24-27-18)10-5-6-10;2-1(3)4/h3,10H,1-2,4-9H2,(H,23,25);(H2,2,3,4). The molecule has 2 aromatic heterocycles. The molecule has 0 bridgehead atoms. The Kier molecular flexibility index (Phi) is 6.07. The first kappa shape index (κ1) is 21.8. The van der Waals surface area contributed by atoms with Crippen LogP contribution in [0.5, 0.6) is 0 Å². The highest BCUT2D eigenvalue weighted by Gasteiger charge is 2.38. The molecule has 0 unspecified atom stereocenters. The number of carboxylic acid groups (broad SMARTS) is 2. The van der Waals surface area contributed by atoms with Crippen LogP contribution in [0.25, 0.3) is 10.6 Å². The molecule has 3 aliphatic carbocycles. The van der Waals surface area contributed by atoms with E-state index in [9.17, 15) is 13.6 Å². The molecule has 1 fully saturated rings. The van der Waals surface area contributed by atoms with Gasteiger partial charge in [-0.3, -0.25) is 4.79 Å². The number of halogens is 2. The summed E-state index contributed by atoms with van der Waals surface area (Å²) in [6.07, 6.45) is 4.94. The summed E-state index contributed by atoms with van der Waals surface area (Å²) in [5.74, 6) is -1.50. The molecule has 1 saturated carbocycles. The fourth-order valence-corrected chi connectivity index (χ4v) is 5.98. The van der Waals surface area contributed by atoms with Crippen LogP contribution >= 0.6 is 22.9 Å². The van der Waals surface area contributed by atoms with Gasteiger partial charge in [-0.25, -0.2) is 18.6 Å². The molecule has 0 aliphatic heterocycles. The number of nitrogens with zero attached hydrogens (tertiary/aromatic N) is 2. The summed E-state index contributed by atoms with van der Waals surface area (Å²) < 4.78 is 32.3. The Balaban J connectivity index is 0.000000535. The van der Waals surface area contributed by atoms with E-state index in [1.54, 1.807) is 0 Å².